The van der Waals surface area contributed by atoms with E-state index in [1.165, 1.54) is 38.5 Å². The summed E-state index contributed by atoms with van der Waals surface area (Å²) in [6, 6.07) is 9.17. The van der Waals surface area contributed by atoms with Crippen LogP contribution < -0.4 is 5.32 Å². The first-order chi connectivity index (χ1) is 9.87. The van der Waals surface area contributed by atoms with Gasteiger partial charge in [-0.3, -0.25) is 0 Å². The molecule has 2 aliphatic carbocycles. The van der Waals surface area contributed by atoms with E-state index in [1.807, 2.05) is 0 Å². The van der Waals surface area contributed by atoms with Crippen LogP contribution in [0.5, 0.6) is 0 Å². The first-order valence-electron chi connectivity index (χ1n) is 8.15. The fraction of sp³-hybridized carbons (Fsp3) is 0.667. The monoisotopic (exact) mass is 273 g/mol. The average Bonchev–Trinajstić information content (AvgIpc) is 2.42. The first-order valence-corrected chi connectivity index (χ1v) is 8.15. The molecule has 2 nitrogen and oxygen atoms in total. The summed E-state index contributed by atoms with van der Waals surface area (Å²) < 4.78 is 5.17. The van der Waals surface area contributed by atoms with E-state index in [4.69, 9.17) is 4.74 Å². The summed E-state index contributed by atoms with van der Waals surface area (Å²) in [5.74, 6) is 0.888. The van der Waals surface area contributed by atoms with Crippen molar-refractivity contribution in [2.45, 2.75) is 43.9 Å². The molecule has 2 aliphatic rings. The van der Waals surface area contributed by atoms with E-state index in [-0.39, 0.29) is 0 Å². The molecule has 1 unspecified atom stereocenters. The summed E-state index contributed by atoms with van der Waals surface area (Å²) in [6.45, 7) is 2.90. The van der Waals surface area contributed by atoms with Crippen LogP contribution >= 0.6 is 0 Å². The Kier molecular flexibility index (Phi) is 4.42. The average molecular weight is 273 g/mol. The fourth-order valence-electron chi connectivity index (χ4n) is 4.15. The lowest BCUT2D eigenvalue weighted by atomic mass is 9.57. The van der Waals surface area contributed by atoms with E-state index in [0.717, 1.165) is 25.6 Å². The fourth-order valence-corrected chi connectivity index (χ4v) is 4.15. The Morgan fingerprint density at radius 1 is 1.25 bits per heavy atom. The number of benzene rings is 1. The molecule has 0 aliphatic heterocycles. The third kappa shape index (κ3) is 2.51. The molecule has 110 valence electrons. The van der Waals surface area contributed by atoms with E-state index < -0.39 is 0 Å². The Bertz CT molecular complexity index is 441. The van der Waals surface area contributed by atoms with Crippen LogP contribution in [0.3, 0.4) is 0 Å². The minimum absolute atomic E-state index is 0.390. The third-order valence-corrected chi connectivity index (χ3v) is 5.43. The van der Waals surface area contributed by atoms with Crippen LogP contribution in [0.1, 0.15) is 43.2 Å². The van der Waals surface area contributed by atoms with E-state index >= 15 is 0 Å². The molecule has 1 fully saturated rings. The van der Waals surface area contributed by atoms with Crippen LogP contribution in [0.4, 0.5) is 0 Å². The van der Waals surface area contributed by atoms with Gasteiger partial charge in [0, 0.05) is 25.6 Å². The third-order valence-electron chi connectivity index (χ3n) is 5.43. The number of nitrogens with one attached hydrogen (secondary N) is 1. The molecule has 1 N–H and O–H groups in total. The maximum absolute atomic E-state index is 5.17. The van der Waals surface area contributed by atoms with Gasteiger partial charge in [0.05, 0.1) is 6.61 Å². The Labute approximate surface area is 122 Å². The van der Waals surface area contributed by atoms with Crippen molar-refractivity contribution in [1.29, 1.82) is 0 Å². The predicted octanol–water partition coefficient (Wildman–Crippen LogP) is 3.30. The SMILES string of the molecule is COCCNCC1(C2CCC2)CCCc2ccccc21. The van der Waals surface area contributed by atoms with Gasteiger partial charge >= 0.3 is 0 Å². The van der Waals surface area contributed by atoms with Gasteiger partial charge in [0.1, 0.15) is 0 Å². The summed E-state index contributed by atoms with van der Waals surface area (Å²) in [4.78, 5) is 0. The zero-order valence-corrected chi connectivity index (χ0v) is 12.7. The molecule has 1 saturated carbocycles. The van der Waals surface area contributed by atoms with Gasteiger partial charge < -0.3 is 10.1 Å². The maximum atomic E-state index is 5.17. The summed E-state index contributed by atoms with van der Waals surface area (Å²) in [5.41, 5.74) is 3.63. The number of rotatable bonds is 6. The Morgan fingerprint density at radius 2 is 2.10 bits per heavy atom. The molecule has 0 amide bonds. The molecule has 20 heavy (non-hydrogen) atoms. The van der Waals surface area contributed by atoms with Gasteiger partial charge in [-0.05, 0) is 49.1 Å². The van der Waals surface area contributed by atoms with E-state index in [9.17, 15) is 0 Å². The van der Waals surface area contributed by atoms with Crippen LogP contribution in [0.25, 0.3) is 0 Å². The molecular weight excluding hydrogens is 246 g/mol. The van der Waals surface area contributed by atoms with Crippen molar-refractivity contribution in [1.82, 2.24) is 5.32 Å². The highest BCUT2D eigenvalue weighted by Gasteiger charge is 2.44. The van der Waals surface area contributed by atoms with Gasteiger partial charge in [0.15, 0.2) is 0 Å². The van der Waals surface area contributed by atoms with Crippen molar-refractivity contribution < 1.29 is 4.74 Å². The molecule has 0 radical (unpaired) electrons. The highest BCUT2D eigenvalue weighted by Crippen LogP contribution is 2.50. The number of aryl methyl sites for hydroxylation is 1. The van der Waals surface area contributed by atoms with E-state index in [0.29, 0.717) is 5.41 Å². The minimum Gasteiger partial charge on any atom is -0.383 e. The number of hydrogen-bond donors (Lipinski definition) is 1. The van der Waals surface area contributed by atoms with Crippen LogP contribution in [-0.2, 0) is 16.6 Å². The molecule has 0 bridgehead atoms. The second-order valence-corrected chi connectivity index (χ2v) is 6.46. The molecule has 1 atom stereocenters. The quantitative estimate of drug-likeness (QED) is 0.803. The number of methoxy groups -OCH3 is 1. The standard InChI is InChI=1S/C18H27NO/c1-20-13-12-19-14-18(16-8-4-9-16)11-5-7-15-6-2-3-10-17(15)18/h2-3,6,10,16,19H,4-5,7-9,11-14H2,1H3. The zero-order valence-electron chi connectivity index (χ0n) is 12.7. The van der Waals surface area contributed by atoms with Crippen molar-refractivity contribution in [3.63, 3.8) is 0 Å². The van der Waals surface area contributed by atoms with Gasteiger partial charge in [-0.2, -0.15) is 0 Å². The molecule has 0 heterocycles. The largest absolute Gasteiger partial charge is 0.383 e. The molecule has 0 saturated heterocycles. The van der Waals surface area contributed by atoms with Crippen LogP contribution in [0.15, 0.2) is 24.3 Å². The van der Waals surface area contributed by atoms with Gasteiger partial charge in [0.25, 0.3) is 0 Å². The second-order valence-electron chi connectivity index (χ2n) is 6.46. The number of hydrogen-bond acceptors (Lipinski definition) is 2. The van der Waals surface area contributed by atoms with Crippen molar-refractivity contribution in [2.75, 3.05) is 26.8 Å². The summed E-state index contributed by atoms with van der Waals surface area (Å²) in [7, 11) is 1.78. The number of fused-ring (bicyclic) bond motifs is 1. The van der Waals surface area contributed by atoms with Crippen molar-refractivity contribution in [3.05, 3.63) is 35.4 Å². The summed E-state index contributed by atoms with van der Waals surface area (Å²) in [6.07, 6.45) is 8.23. The summed E-state index contributed by atoms with van der Waals surface area (Å²) in [5, 5.41) is 3.66. The van der Waals surface area contributed by atoms with Crippen LogP contribution in [0.2, 0.25) is 0 Å². The topological polar surface area (TPSA) is 21.3 Å². The smallest absolute Gasteiger partial charge is 0.0587 e. The van der Waals surface area contributed by atoms with Gasteiger partial charge in [-0.15, -0.1) is 0 Å². The Morgan fingerprint density at radius 3 is 2.85 bits per heavy atom. The Balaban J connectivity index is 1.83. The molecule has 3 rings (SSSR count). The zero-order chi connectivity index (χ0) is 13.8. The highest BCUT2D eigenvalue weighted by molar-refractivity contribution is 5.38. The second kappa shape index (κ2) is 6.28. The molecular formula is C18H27NO. The maximum Gasteiger partial charge on any atom is 0.0587 e. The lowest BCUT2D eigenvalue weighted by Crippen LogP contribution is -2.49. The minimum atomic E-state index is 0.390. The summed E-state index contributed by atoms with van der Waals surface area (Å²) >= 11 is 0. The first kappa shape index (κ1) is 14.1. The van der Waals surface area contributed by atoms with E-state index in [2.05, 4.69) is 29.6 Å². The lowest BCUT2D eigenvalue weighted by molar-refractivity contribution is 0.131. The molecule has 0 spiro atoms. The van der Waals surface area contributed by atoms with Crippen molar-refractivity contribution in [3.8, 4) is 0 Å². The highest BCUT2D eigenvalue weighted by atomic mass is 16.5. The van der Waals surface area contributed by atoms with Gasteiger partial charge in [-0.1, -0.05) is 30.7 Å². The van der Waals surface area contributed by atoms with Crippen LogP contribution in [-0.4, -0.2) is 26.8 Å². The predicted molar refractivity (Wildman–Crippen MR) is 83.1 cm³/mol. The molecule has 0 aromatic heterocycles. The van der Waals surface area contributed by atoms with Gasteiger partial charge in [-0.25, -0.2) is 0 Å². The molecule has 2 heteroatoms. The van der Waals surface area contributed by atoms with E-state index in [1.54, 1.807) is 18.2 Å². The van der Waals surface area contributed by atoms with Crippen molar-refractivity contribution in [2.24, 2.45) is 5.92 Å². The van der Waals surface area contributed by atoms with Crippen molar-refractivity contribution >= 4 is 0 Å². The lowest BCUT2D eigenvalue weighted by Gasteiger charge is -2.49. The normalized spacial score (nSPS) is 26.1. The molecule has 1 aromatic rings. The van der Waals surface area contributed by atoms with Crippen LogP contribution in [0, 0.1) is 5.92 Å². The number of ether oxygens (including phenoxy) is 1. The molecule has 1 aromatic carbocycles. The Hall–Kier alpha value is -0.860. The van der Waals surface area contributed by atoms with Gasteiger partial charge in [0.2, 0.25) is 0 Å².